The molecular weight excluding hydrogens is 238 g/mol. The lowest BCUT2D eigenvalue weighted by atomic mass is 9.82. The van der Waals surface area contributed by atoms with Crippen molar-refractivity contribution in [3.8, 4) is 5.75 Å². The second kappa shape index (κ2) is 6.40. The monoisotopic (exact) mass is 263 g/mol. The highest BCUT2D eigenvalue weighted by Crippen LogP contribution is 2.41. The molecule has 0 bridgehead atoms. The predicted molar refractivity (Wildman–Crippen MR) is 77.4 cm³/mol. The first-order valence-electron chi connectivity index (χ1n) is 7.17. The van der Waals surface area contributed by atoms with Gasteiger partial charge in [-0.2, -0.15) is 0 Å². The van der Waals surface area contributed by atoms with Crippen molar-refractivity contribution in [1.29, 1.82) is 0 Å². The molecule has 0 saturated heterocycles. The van der Waals surface area contributed by atoms with Gasteiger partial charge in [0.05, 0.1) is 18.8 Å². The van der Waals surface area contributed by atoms with Crippen LogP contribution in [0.4, 0.5) is 0 Å². The first-order chi connectivity index (χ1) is 9.23. The summed E-state index contributed by atoms with van der Waals surface area (Å²) < 4.78 is 11.3. The van der Waals surface area contributed by atoms with E-state index in [0.717, 1.165) is 24.2 Å². The first-order valence-corrected chi connectivity index (χ1v) is 7.17. The highest BCUT2D eigenvalue weighted by atomic mass is 16.5. The molecule has 3 nitrogen and oxygen atoms in total. The number of hydrogen-bond donors (Lipinski definition) is 1. The van der Waals surface area contributed by atoms with E-state index in [1.807, 2.05) is 18.2 Å². The normalized spacial score (nSPS) is 20.6. The molecule has 0 aliphatic heterocycles. The third-order valence-electron chi connectivity index (χ3n) is 4.40. The minimum Gasteiger partial charge on any atom is -0.496 e. The largest absolute Gasteiger partial charge is 0.496 e. The van der Waals surface area contributed by atoms with Crippen LogP contribution in [0.1, 0.15) is 50.1 Å². The molecule has 0 radical (unpaired) electrons. The molecule has 0 heterocycles. The first kappa shape index (κ1) is 14.4. The molecule has 3 heteroatoms. The van der Waals surface area contributed by atoms with Gasteiger partial charge < -0.3 is 15.2 Å². The van der Waals surface area contributed by atoms with Crippen LogP contribution < -0.4 is 10.5 Å². The van der Waals surface area contributed by atoms with Gasteiger partial charge in [-0.25, -0.2) is 0 Å². The zero-order chi connectivity index (χ0) is 13.7. The average molecular weight is 263 g/mol. The lowest BCUT2D eigenvalue weighted by Crippen LogP contribution is -2.42. The van der Waals surface area contributed by atoms with Crippen LogP contribution in [0.15, 0.2) is 24.3 Å². The van der Waals surface area contributed by atoms with Gasteiger partial charge >= 0.3 is 0 Å². The Labute approximate surface area is 116 Å². The second-order valence-electron chi connectivity index (χ2n) is 5.40. The van der Waals surface area contributed by atoms with Crippen LogP contribution in [0.5, 0.6) is 5.75 Å². The molecule has 0 spiro atoms. The maximum atomic E-state index is 6.56. The molecule has 0 amide bonds. The summed E-state index contributed by atoms with van der Waals surface area (Å²) >= 11 is 0. The maximum absolute atomic E-state index is 6.56. The number of methoxy groups -OCH3 is 2. The molecule has 1 unspecified atom stereocenters. The van der Waals surface area contributed by atoms with Crippen molar-refractivity contribution in [3.05, 3.63) is 29.8 Å². The molecule has 106 valence electrons. The van der Waals surface area contributed by atoms with Crippen LogP contribution in [0.3, 0.4) is 0 Å². The van der Waals surface area contributed by atoms with Crippen LogP contribution in [-0.4, -0.2) is 19.8 Å². The van der Waals surface area contributed by atoms with E-state index in [1.165, 1.54) is 25.7 Å². The molecule has 1 aromatic carbocycles. The third-order valence-corrected chi connectivity index (χ3v) is 4.40. The minimum atomic E-state index is -0.245. The molecule has 19 heavy (non-hydrogen) atoms. The fourth-order valence-electron chi connectivity index (χ4n) is 3.18. The van der Waals surface area contributed by atoms with Crippen molar-refractivity contribution >= 4 is 0 Å². The molecule has 1 saturated carbocycles. The Morgan fingerprint density at radius 3 is 2.26 bits per heavy atom. The standard InChI is InChI=1S/C16H25NO2/c1-18-14-10-6-5-9-13(14)15(17)16(19-2)11-7-3-4-8-12-16/h5-6,9-10,15H,3-4,7-8,11-12,17H2,1-2H3. The van der Waals surface area contributed by atoms with Crippen molar-refractivity contribution in [3.63, 3.8) is 0 Å². The molecule has 1 aliphatic rings. The lowest BCUT2D eigenvalue weighted by Gasteiger charge is -2.37. The van der Waals surface area contributed by atoms with Crippen molar-refractivity contribution in [2.24, 2.45) is 5.73 Å². The SMILES string of the molecule is COc1ccccc1C(N)C1(OC)CCCCCC1. The second-order valence-corrected chi connectivity index (χ2v) is 5.40. The summed E-state index contributed by atoms with van der Waals surface area (Å²) in [7, 11) is 3.48. The fourth-order valence-corrected chi connectivity index (χ4v) is 3.18. The summed E-state index contributed by atoms with van der Waals surface area (Å²) in [6, 6.07) is 7.87. The van der Waals surface area contributed by atoms with E-state index in [1.54, 1.807) is 14.2 Å². The maximum Gasteiger partial charge on any atom is 0.123 e. The van der Waals surface area contributed by atoms with Gasteiger partial charge in [0.2, 0.25) is 0 Å². The molecule has 1 aromatic rings. The van der Waals surface area contributed by atoms with Gasteiger partial charge in [-0.1, -0.05) is 43.9 Å². The molecule has 0 aromatic heterocycles. The molecule has 1 fully saturated rings. The topological polar surface area (TPSA) is 44.5 Å². The summed E-state index contributed by atoms with van der Waals surface area (Å²) in [5.41, 5.74) is 7.36. The summed E-state index contributed by atoms with van der Waals surface area (Å²) in [5.74, 6) is 0.857. The fraction of sp³-hybridized carbons (Fsp3) is 0.625. The number of para-hydroxylation sites is 1. The summed E-state index contributed by atoms with van der Waals surface area (Å²) in [4.78, 5) is 0. The van der Waals surface area contributed by atoms with E-state index in [4.69, 9.17) is 15.2 Å². The summed E-state index contributed by atoms with van der Waals surface area (Å²) in [6.07, 6.45) is 7.01. The predicted octanol–water partition coefficient (Wildman–Crippen LogP) is 3.43. The highest BCUT2D eigenvalue weighted by Gasteiger charge is 2.39. The van der Waals surface area contributed by atoms with Crippen LogP contribution in [0, 0.1) is 0 Å². The van der Waals surface area contributed by atoms with Gasteiger partial charge in [-0.05, 0) is 18.9 Å². The van der Waals surface area contributed by atoms with E-state index >= 15 is 0 Å². The number of nitrogens with two attached hydrogens (primary N) is 1. The van der Waals surface area contributed by atoms with E-state index in [2.05, 4.69) is 6.07 Å². The van der Waals surface area contributed by atoms with E-state index in [-0.39, 0.29) is 11.6 Å². The summed E-state index contributed by atoms with van der Waals surface area (Å²) in [5, 5.41) is 0. The smallest absolute Gasteiger partial charge is 0.123 e. The van der Waals surface area contributed by atoms with Crippen LogP contribution in [0.2, 0.25) is 0 Å². The zero-order valence-electron chi connectivity index (χ0n) is 12.0. The molecule has 1 atom stereocenters. The van der Waals surface area contributed by atoms with Gasteiger partial charge in [0.15, 0.2) is 0 Å². The Morgan fingerprint density at radius 1 is 1.05 bits per heavy atom. The Hall–Kier alpha value is -1.06. The Morgan fingerprint density at radius 2 is 1.68 bits per heavy atom. The Bertz CT molecular complexity index is 397. The number of hydrogen-bond acceptors (Lipinski definition) is 3. The third kappa shape index (κ3) is 2.93. The molecule has 2 rings (SSSR count). The minimum absolute atomic E-state index is 0.133. The van der Waals surface area contributed by atoms with Crippen molar-refractivity contribution in [1.82, 2.24) is 0 Å². The molecule has 2 N–H and O–H groups in total. The van der Waals surface area contributed by atoms with Gasteiger partial charge in [0, 0.05) is 12.7 Å². The van der Waals surface area contributed by atoms with Gasteiger partial charge in [0.1, 0.15) is 5.75 Å². The Balaban J connectivity index is 2.31. The Kier molecular flexibility index (Phi) is 4.83. The van der Waals surface area contributed by atoms with Gasteiger partial charge in [-0.3, -0.25) is 0 Å². The van der Waals surface area contributed by atoms with Crippen molar-refractivity contribution in [2.45, 2.75) is 50.2 Å². The average Bonchev–Trinajstić information content (AvgIpc) is 2.72. The number of rotatable bonds is 4. The number of benzene rings is 1. The van der Waals surface area contributed by atoms with Gasteiger partial charge in [0.25, 0.3) is 0 Å². The molecule has 1 aliphatic carbocycles. The lowest BCUT2D eigenvalue weighted by molar-refractivity contribution is -0.0446. The van der Waals surface area contributed by atoms with Crippen molar-refractivity contribution in [2.75, 3.05) is 14.2 Å². The molecular formula is C16H25NO2. The quantitative estimate of drug-likeness (QED) is 0.846. The van der Waals surface area contributed by atoms with Gasteiger partial charge in [-0.15, -0.1) is 0 Å². The van der Waals surface area contributed by atoms with Crippen molar-refractivity contribution < 1.29 is 9.47 Å². The van der Waals surface area contributed by atoms with Crippen LogP contribution in [-0.2, 0) is 4.74 Å². The van der Waals surface area contributed by atoms with E-state index in [0.29, 0.717) is 0 Å². The zero-order valence-corrected chi connectivity index (χ0v) is 12.0. The van der Waals surface area contributed by atoms with E-state index in [9.17, 15) is 0 Å². The van der Waals surface area contributed by atoms with Crippen LogP contribution in [0.25, 0.3) is 0 Å². The highest BCUT2D eigenvalue weighted by molar-refractivity contribution is 5.37. The van der Waals surface area contributed by atoms with E-state index < -0.39 is 0 Å². The summed E-state index contributed by atoms with van der Waals surface area (Å²) in [6.45, 7) is 0. The van der Waals surface area contributed by atoms with Crippen LogP contribution >= 0.6 is 0 Å². The number of ether oxygens (including phenoxy) is 2.